The van der Waals surface area contributed by atoms with E-state index in [1.54, 1.807) is 6.07 Å². The highest BCUT2D eigenvalue weighted by molar-refractivity contribution is 5.78. The summed E-state index contributed by atoms with van der Waals surface area (Å²) in [7, 11) is 0. The molecule has 0 amide bonds. The largest absolute Gasteiger partial charge is 0.456 e. The van der Waals surface area contributed by atoms with Crippen LogP contribution in [0.3, 0.4) is 0 Å². The number of rotatable bonds is 3. The SMILES string of the molecule is CCC1OCCC1C(N)c1cc2cccc(F)c2o1. The van der Waals surface area contributed by atoms with E-state index < -0.39 is 0 Å². The number of fused-ring (bicyclic) bond motifs is 1. The van der Waals surface area contributed by atoms with E-state index >= 15 is 0 Å². The van der Waals surface area contributed by atoms with E-state index in [0.29, 0.717) is 11.3 Å². The van der Waals surface area contributed by atoms with Gasteiger partial charge in [0.1, 0.15) is 5.76 Å². The summed E-state index contributed by atoms with van der Waals surface area (Å²) in [5.74, 6) is 0.549. The normalized spacial score (nSPS) is 25.0. The number of hydrogen-bond donors (Lipinski definition) is 1. The lowest BCUT2D eigenvalue weighted by Gasteiger charge is -2.21. The van der Waals surface area contributed by atoms with Gasteiger partial charge in [0, 0.05) is 17.9 Å². The van der Waals surface area contributed by atoms with Crippen LogP contribution < -0.4 is 5.73 Å². The van der Waals surface area contributed by atoms with Crippen LogP contribution in [0.15, 0.2) is 28.7 Å². The Morgan fingerprint density at radius 2 is 2.32 bits per heavy atom. The monoisotopic (exact) mass is 263 g/mol. The molecule has 2 heterocycles. The Labute approximate surface area is 111 Å². The zero-order chi connectivity index (χ0) is 13.4. The first-order valence-electron chi connectivity index (χ1n) is 6.76. The minimum Gasteiger partial charge on any atom is -0.456 e. The van der Waals surface area contributed by atoms with Crippen molar-refractivity contribution in [2.24, 2.45) is 11.7 Å². The van der Waals surface area contributed by atoms with Gasteiger partial charge in [0.05, 0.1) is 12.1 Å². The number of furan rings is 1. The summed E-state index contributed by atoms with van der Waals surface area (Å²) in [5.41, 5.74) is 6.58. The Kier molecular flexibility index (Phi) is 3.29. The van der Waals surface area contributed by atoms with Crippen molar-refractivity contribution >= 4 is 11.0 Å². The highest BCUT2D eigenvalue weighted by Crippen LogP contribution is 2.35. The fourth-order valence-corrected chi connectivity index (χ4v) is 2.92. The number of halogens is 1. The Hall–Kier alpha value is -1.39. The third-order valence-electron chi connectivity index (χ3n) is 3.97. The summed E-state index contributed by atoms with van der Waals surface area (Å²) in [6, 6.07) is 6.51. The van der Waals surface area contributed by atoms with Gasteiger partial charge in [0.2, 0.25) is 0 Å². The van der Waals surface area contributed by atoms with E-state index in [1.165, 1.54) is 6.07 Å². The third kappa shape index (κ3) is 2.15. The molecule has 4 heteroatoms. The van der Waals surface area contributed by atoms with Crippen LogP contribution in [0.2, 0.25) is 0 Å². The number of hydrogen-bond acceptors (Lipinski definition) is 3. The first-order chi connectivity index (χ1) is 9.20. The minimum absolute atomic E-state index is 0.174. The number of para-hydroxylation sites is 1. The zero-order valence-corrected chi connectivity index (χ0v) is 10.9. The maximum atomic E-state index is 13.6. The smallest absolute Gasteiger partial charge is 0.169 e. The van der Waals surface area contributed by atoms with Gasteiger partial charge in [0.15, 0.2) is 11.4 Å². The van der Waals surface area contributed by atoms with Crippen molar-refractivity contribution in [3.05, 3.63) is 35.8 Å². The second-order valence-electron chi connectivity index (χ2n) is 5.10. The molecule has 0 aliphatic carbocycles. The first kappa shape index (κ1) is 12.6. The van der Waals surface area contributed by atoms with Crippen molar-refractivity contribution in [3.63, 3.8) is 0 Å². The van der Waals surface area contributed by atoms with Gasteiger partial charge in [-0.25, -0.2) is 4.39 Å². The fraction of sp³-hybridized carbons (Fsp3) is 0.467. The molecule has 0 spiro atoms. The van der Waals surface area contributed by atoms with Crippen LogP contribution in [0.25, 0.3) is 11.0 Å². The molecule has 1 aromatic heterocycles. The number of nitrogens with two attached hydrogens (primary N) is 1. The first-order valence-corrected chi connectivity index (χ1v) is 6.76. The van der Waals surface area contributed by atoms with Crippen LogP contribution in [0.1, 0.15) is 31.6 Å². The van der Waals surface area contributed by atoms with E-state index in [-0.39, 0.29) is 23.9 Å². The summed E-state index contributed by atoms with van der Waals surface area (Å²) in [4.78, 5) is 0. The molecule has 0 bridgehead atoms. The van der Waals surface area contributed by atoms with Crippen LogP contribution in [0.4, 0.5) is 4.39 Å². The van der Waals surface area contributed by atoms with Crippen molar-refractivity contribution in [2.75, 3.05) is 6.61 Å². The van der Waals surface area contributed by atoms with Gasteiger partial charge in [-0.1, -0.05) is 19.1 Å². The van der Waals surface area contributed by atoms with Gasteiger partial charge in [-0.3, -0.25) is 0 Å². The average Bonchev–Trinajstić information content (AvgIpc) is 3.04. The topological polar surface area (TPSA) is 48.4 Å². The highest BCUT2D eigenvalue weighted by Gasteiger charge is 2.34. The molecule has 0 saturated carbocycles. The quantitative estimate of drug-likeness (QED) is 0.923. The van der Waals surface area contributed by atoms with Gasteiger partial charge in [-0.05, 0) is 25.0 Å². The number of benzene rings is 1. The van der Waals surface area contributed by atoms with Crippen LogP contribution >= 0.6 is 0 Å². The molecule has 3 rings (SSSR count). The van der Waals surface area contributed by atoms with Gasteiger partial charge >= 0.3 is 0 Å². The van der Waals surface area contributed by atoms with E-state index in [0.717, 1.165) is 24.8 Å². The second kappa shape index (κ2) is 4.94. The van der Waals surface area contributed by atoms with E-state index in [9.17, 15) is 4.39 Å². The Bertz CT molecular complexity index is 581. The molecule has 19 heavy (non-hydrogen) atoms. The average molecular weight is 263 g/mol. The standard InChI is InChI=1S/C15H18FNO2/c1-2-12-10(6-7-18-12)14(17)13-8-9-4-3-5-11(16)15(9)19-13/h3-5,8,10,12,14H,2,6-7,17H2,1H3. The predicted octanol–water partition coefficient (Wildman–Crippen LogP) is 3.39. The van der Waals surface area contributed by atoms with E-state index in [1.807, 2.05) is 12.1 Å². The summed E-state index contributed by atoms with van der Waals surface area (Å²) >= 11 is 0. The summed E-state index contributed by atoms with van der Waals surface area (Å²) in [6.07, 6.45) is 2.04. The van der Waals surface area contributed by atoms with Gasteiger partial charge in [-0.2, -0.15) is 0 Å². The molecule has 1 aliphatic rings. The minimum atomic E-state index is -0.342. The maximum absolute atomic E-state index is 13.6. The van der Waals surface area contributed by atoms with Crippen molar-refractivity contribution in [3.8, 4) is 0 Å². The van der Waals surface area contributed by atoms with Gasteiger partial charge in [-0.15, -0.1) is 0 Å². The van der Waals surface area contributed by atoms with Crippen LogP contribution in [-0.4, -0.2) is 12.7 Å². The van der Waals surface area contributed by atoms with Crippen LogP contribution in [0.5, 0.6) is 0 Å². The Balaban J connectivity index is 1.93. The fourth-order valence-electron chi connectivity index (χ4n) is 2.92. The highest BCUT2D eigenvalue weighted by atomic mass is 19.1. The zero-order valence-electron chi connectivity index (χ0n) is 10.9. The predicted molar refractivity (Wildman–Crippen MR) is 71.2 cm³/mol. The Morgan fingerprint density at radius 3 is 3.05 bits per heavy atom. The van der Waals surface area contributed by atoms with Gasteiger partial charge < -0.3 is 14.9 Å². The van der Waals surface area contributed by atoms with E-state index in [2.05, 4.69) is 6.92 Å². The molecule has 1 saturated heterocycles. The van der Waals surface area contributed by atoms with Crippen molar-refractivity contribution in [1.29, 1.82) is 0 Å². The molecular formula is C15H18FNO2. The summed E-state index contributed by atoms with van der Waals surface area (Å²) < 4.78 is 24.9. The molecule has 3 unspecified atom stereocenters. The van der Waals surface area contributed by atoms with Crippen LogP contribution in [0, 0.1) is 11.7 Å². The molecule has 3 nitrogen and oxygen atoms in total. The summed E-state index contributed by atoms with van der Waals surface area (Å²) in [6.45, 7) is 2.83. The van der Waals surface area contributed by atoms with Crippen molar-refractivity contribution in [1.82, 2.24) is 0 Å². The lowest BCUT2D eigenvalue weighted by Crippen LogP contribution is -2.27. The van der Waals surface area contributed by atoms with Gasteiger partial charge in [0.25, 0.3) is 0 Å². The van der Waals surface area contributed by atoms with Crippen molar-refractivity contribution < 1.29 is 13.5 Å². The number of ether oxygens (including phenoxy) is 1. The Morgan fingerprint density at radius 1 is 1.47 bits per heavy atom. The summed E-state index contributed by atoms with van der Waals surface area (Å²) in [5, 5.41) is 0.761. The van der Waals surface area contributed by atoms with Crippen molar-refractivity contribution in [2.45, 2.75) is 31.9 Å². The molecular weight excluding hydrogens is 245 g/mol. The molecule has 1 fully saturated rings. The molecule has 0 radical (unpaired) electrons. The lowest BCUT2D eigenvalue weighted by molar-refractivity contribution is 0.0794. The lowest BCUT2D eigenvalue weighted by atomic mass is 9.90. The second-order valence-corrected chi connectivity index (χ2v) is 5.10. The van der Waals surface area contributed by atoms with Crippen LogP contribution in [-0.2, 0) is 4.74 Å². The molecule has 102 valence electrons. The third-order valence-corrected chi connectivity index (χ3v) is 3.97. The molecule has 2 aromatic rings. The molecule has 2 N–H and O–H groups in total. The molecule has 3 atom stereocenters. The van der Waals surface area contributed by atoms with E-state index in [4.69, 9.17) is 14.9 Å². The molecule has 1 aliphatic heterocycles. The molecule has 1 aromatic carbocycles. The maximum Gasteiger partial charge on any atom is 0.169 e.